The molecule has 8 rings (SSSR count). The van der Waals surface area contributed by atoms with E-state index in [4.69, 9.17) is 14.4 Å². The summed E-state index contributed by atoms with van der Waals surface area (Å²) in [5.74, 6) is 0.00768. The fourth-order valence-electron chi connectivity index (χ4n) is 8.77. The molecule has 0 aliphatic carbocycles. The Bertz CT molecular complexity index is 2790. The van der Waals surface area contributed by atoms with E-state index in [-0.39, 0.29) is 27.7 Å². The van der Waals surface area contributed by atoms with Crippen LogP contribution < -0.4 is 10.6 Å². The van der Waals surface area contributed by atoms with Crippen LogP contribution in [0.15, 0.2) is 78.5 Å². The number of carbonyl (C=O) groups is 2. The molecule has 0 saturated carbocycles. The molecule has 6 aromatic rings. The zero-order chi connectivity index (χ0) is 50.6. The van der Waals surface area contributed by atoms with Crippen molar-refractivity contribution in [1.29, 1.82) is 0 Å². The molecule has 2 saturated heterocycles. The summed E-state index contributed by atoms with van der Waals surface area (Å²) in [5, 5.41) is 6.62. The zero-order valence-corrected chi connectivity index (χ0v) is 43.5. The third kappa shape index (κ3) is 13.0. The Balaban J connectivity index is 1.05. The number of pyridine rings is 2. The zero-order valence-electron chi connectivity index (χ0n) is 39.4. The standard InChI is InChI=1S/C47H52F6N10O3S5/c1-27-24-31(47(51,52)53)37(29(3)54-27)58-41(64)39(62-18-14-61(15-19-62)21-23-70-45-57-32-8-6-7-9-35(32)71-45)40(42(65)59-38-36(67-4)25-28(2)55-43(38)68-5)63-16-12-60(13-17-63)20-22-69-44-56-33-26-30(46(48,49)50)10-11-34(33)66-44/h6-11,24-26,39-40H,12-23H2,1-5H3,(H,58,64)(H,59,65). The van der Waals surface area contributed by atoms with Crippen LogP contribution in [0.5, 0.6) is 0 Å². The van der Waals surface area contributed by atoms with Crippen LogP contribution in [-0.4, -0.2) is 153 Å². The lowest BCUT2D eigenvalue weighted by atomic mass is 9.99. The van der Waals surface area contributed by atoms with Gasteiger partial charge in [0.1, 0.15) is 22.6 Å². The van der Waals surface area contributed by atoms with Gasteiger partial charge in [-0.15, -0.1) is 34.9 Å². The van der Waals surface area contributed by atoms with Gasteiger partial charge >= 0.3 is 12.4 Å². The van der Waals surface area contributed by atoms with Crippen LogP contribution in [0, 0.1) is 20.8 Å². The van der Waals surface area contributed by atoms with Gasteiger partial charge < -0.3 is 15.1 Å². The average molecular weight is 1080 g/mol. The maximum Gasteiger partial charge on any atom is 0.418 e. The van der Waals surface area contributed by atoms with E-state index in [0.29, 0.717) is 75.4 Å². The Kier molecular flexibility index (Phi) is 17.2. The summed E-state index contributed by atoms with van der Waals surface area (Å²) in [7, 11) is 0. The highest BCUT2D eigenvalue weighted by molar-refractivity contribution is 8.01. The van der Waals surface area contributed by atoms with Crippen molar-refractivity contribution in [2.75, 3.05) is 100 Å². The van der Waals surface area contributed by atoms with Gasteiger partial charge in [-0.3, -0.25) is 34.2 Å². The van der Waals surface area contributed by atoms with Gasteiger partial charge in [-0.25, -0.2) is 15.0 Å². The van der Waals surface area contributed by atoms with Crippen LogP contribution in [0.25, 0.3) is 21.3 Å². The van der Waals surface area contributed by atoms with Crippen LogP contribution in [0.2, 0.25) is 0 Å². The predicted molar refractivity (Wildman–Crippen MR) is 272 cm³/mol. The normalized spacial score (nSPS) is 16.7. The van der Waals surface area contributed by atoms with E-state index >= 15 is 9.59 Å². The number of hydrogen-bond donors (Lipinski definition) is 2. The van der Waals surface area contributed by atoms with E-state index in [1.165, 1.54) is 55.2 Å². The summed E-state index contributed by atoms with van der Waals surface area (Å²) in [5.41, 5.74) is 0.399. The molecular weight excluding hydrogens is 1030 g/mol. The van der Waals surface area contributed by atoms with E-state index < -0.39 is 53.1 Å². The molecule has 71 heavy (non-hydrogen) atoms. The number of carbonyl (C=O) groups excluding carboxylic acids is 2. The molecule has 2 fully saturated rings. The molecule has 6 heterocycles. The molecule has 2 amide bonds. The van der Waals surface area contributed by atoms with Crippen molar-refractivity contribution >= 4 is 103 Å². The number of para-hydroxylation sites is 1. The van der Waals surface area contributed by atoms with Crippen molar-refractivity contribution in [3.05, 3.63) is 82.8 Å². The smallest absolute Gasteiger partial charge is 0.418 e. The van der Waals surface area contributed by atoms with E-state index in [0.717, 1.165) is 55.6 Å². The van der Waals surface area contributed by atoms with Gasteiger partial charge in [0, 0.05) is 93.2 Å². The molecule has 0 radical (unpaired) electrons. The second kappa shape index (κ2) is 23.0. The number of thioether (sulfide) groups is 4. The number of fused-ring (bicyclic) bond motifs is 2. The number of nitrogens with zero attached hydrogens (tertiary/aromatic N) is 8. The van der Waals surface area contributed by atoms with Gasteiger partial charge in [-0.2, -0.15) is 26.3 Å². The number of aromatic nitrogens is 4. The van der Waals surface area contributed by atoms with Crippen LogP contribution in [0.1, 0.15) is 28.2 Å². The maximum absolute atomic E-state index is 15.3. The van der Waals surface area contributed by atoms with Gasteiger partial charge in [0.25, 0.3) is 5.22 Å². The molecule has 4 aromatic heterocycles. The highest BCUT2D eigenvalue weighted by atomic mass is 32.2. The summed E-state index contributed by atoms with van der Waals surface area (Å²) in [6.45, 7) is 9.43. The largest absolute Gasteiger partial charge is 0.431 e. The minimum atomic E-state index is -4.81. The van der Waals surface area contributed by atoms with Gasteiger partial charge in [-0.05, 0) is 75.7 Å². The summed E-state index contributed by atoms with van der Waals surface area (Å²) >= 11 is 7.39. The number of oxazole rings is 1. The first-order valence-electron chi connectivity index (χ1n) is 22.7. The average Bonchev–Trinajstić information content (AvgIpc) is 3.95. The molecular formula is C47H52F6N10O3S5. The second-order valence-electron chi connectivity index (χ2n) is 17.0. The third-order valence-corrected chi connectivity index (χ3v) is 16.7. The van der Waals surface area contributed by atoms with Crippen molar-refractivity contribution in [2.24, 2.45) is 0 Å². The third-order valence-electron chi connectivity index (χ3n) is 12.3. The van der Waals surface area contributed by atoms with Crippen molar-refractivity contribution in [3.63, 3.8) is 0 Å². The van der Waals surface area contributed by atoms with Crippen LogP contribution in [-0.2, 0) is 21.9 Å². The molecule has 13 nitrogen and oxygen atoms in total. The SMILES string of the molecule is CSc1cc(C)nc(SC)c1NC(=O)C(C(C(=O)Nc1c(C(F)(F)F)cc(C)nc1C)N1CCN(CCSc2nc3ccccc3s2)CC1)N1CCN(CCSc2nc3cc(C(F)(F)F)ccc3o2)CC1. The van der Waals surface area contributed by atoms with Crippen molar-refractivity contribution in [3.8, 4) is 0 Å². The number of hydrogen-bond acceptors (Lipinski definition) is 16. The number of aryl methyl sites for hydroxylation is 3. The number of halogens is 6. The van der Waals surface area contributed by atoms with Crippen LogP contribution >= 0.6 is 58.4 Å². The Morgan fingerprint density at radius 1 is 0.690 bits per heavy atom. The predicted octanol–water partition coefficient (Wildman–Crippen LogP) is 9.77. The van der Waals surface area contributed by atoms with Crippen LogP contribution in [0.4, 0.5) is 37.7 Å². The van der Waals surface area contributed by atoms with E-state index in [1.54, 1.807) is 23.1 Å². The Morgan fingerprint density at radius 3 is 1.89 bits per heavy atom. The molecule has 2 aromatic carbocycles. The summed E-state index contributed by atoms with van der Waals surface area (Å²) < 4.78 is 91.9. The van der Waals surface area contributed by atoms with E-state index in [1.807, 2.05) is 59.6 Å². The lowest BCUT2D eigenvalue weighted by Crippen LogP contribution is -2.66. The summed E-state index contributed by atoms with van der Waals surface area (Å²) in [4.78, 5) is 57.5. The number of amides is 2. The number of thiazole rings is 1. The number of rotatable bonds is 17. The molecule has 2 atom stereocenters. The molecule has 380 valence electrons. The minimum Gasteiger partial charge on any atom is -0.431 e. The Morgan fingerprint density at radius 2 is 1.30 bits per heavy atom. The molecule has 0 bridgehead atoms. The van der Waals surface area contributed by atoms with Gasteiger partial charge in [0.05, 0.1) is 38.4 Å². The molecule has 2 aliphatic rings. The molecule has 2 N–H and O–H groups in total. The Hall–Kier alpha value is -4.14. The topological polar surface area (TPSA) is 136 Å². The first-order valence-corrected chi connectivity index (χ1v) is 27.9. The molecule has 2 aliphatic heterocycles. The lowest BCUT2D eigenvalue weighted by molar-refractivity contribution is -0.138. The monoisotopic (exact) mass is 1080 g/mol. The second-order valence-corrected chi connectivity index (χ2v) is 22.1. The van der Waals surface area contributed by atoms with Crippen molar-refractivity contribution in [2.45, 2.75) is 64.7 Å². The summed E-state index contributed by atoms with van der Waals surface area (Å²) in [6.07, 6.45) is -5.58. The maximum atomic E-state index is 15.3. The molecule has 2 unspecified atom stereocenters. The van der Waals surface area contributed by atoms with E-state index in [9.17, 15) is 26.3 Å². The lowest BCUT2D eigenvalue weighted by Gasteiger charge is -2.46. The van der Waals surface area contributed by atoms with Crippen molar-refractivity contribution in [1.82, 2.24) is 39.5 Å². The molecule has 24 heteroatoms. The Labute approximate surface area is 428 Å². The minimum absolute atomic E-state index is 0.00350. The molecule has 0 spiro atoms. The number of piperazine rings is 2. The first-order chi connectivity index (χ1) is 33.9. The van der Waals surface area contributed by atoms with Gasteiger partial charge in [0.2, 0.25) is 11.8 Å². The fraction of sp³-hybridized carbons (Fsp3) is 0.447. The quantitative estimate of drug-likeness (QED) is 0.0662. The first kappa shape index (κ1) is 53.2. The van der Waals surface area contributed by atoms with Crippen molar-refractivity contribution < 1.29 is 40.3 Å². The van der Waals surface area contributed by atoms with Gasteiger partial charge in [0.15, 0.2) is 9.92 Å². The number of nitrogens with one attached hydrogen (secondary N) is 2. The highest BCUT2D eigenvalue weighted by Crippen LogP contribution is 2.39. The van der Waals surface area contributed by atoms with Gasteiger partial charge in [-0.1, -0.05) is 35.7 Å². The number of benzene rings is 2. The van der Waals surface area contributed by atoms with E-state index in [2.05, 4.69) is 30.4 Å². The number of anilines is 2. The fourth-order valence-corrected chi connectivity index (χ4v) is 13.1. The highest BCUT2D eigenvalue weighted by Gasteiger charge is 2.45. The van der Waals surface area contributed by atoms with Crippen LogP contribution in [0.3, 0.4) is 0 Å². The summed E-state index contributed by atoms with van der Waals surface area (Å²) in [6, 6.07) is 11.5. The number of alkyl halides is 6.